The van der Waals surface area contributed by atoms with Crippen molar-refractivity contribution in [3.8, 4) is 0 Å². The molecule has 0 unspecified atom stereocenters. The summed E-state index contributed by atoms with van der Waals surface area (Å²) in [6, 6.07) is 0. The molecule has 0 spiro atoms. The first-order valence-electron chi connectivity index (χ1n) is 3.88. The minimum atomic E-state index is -5.40. The molecule has 2 N–H and O–H groups in total. The zero-order valence-corrected chi connectivity index (χ0v) is 7.28. The molecule has 1 aliphatic carbocycles. The molecule has 1 rings (SSSR count). The van der Waals surface area contributed by atoms with E-state index >= 15 is 0 Å². The molecule has 0 heterocycles. The van der Waals surface area contributed by atoms with Crippen molar-refractivity contribution in [2.45, 2.75) is 18.8 Å². The zero-order chi connectivity index (χ0) is 11.9. The van der Waals surface area contributed by atoms with Gasteiger partial charge < -0.3 is 5.73 Å². The molecule has 0 fully saturated rings. The Hall–Kier alpha value is -1.14. The number of nitrogens with two attached hydrogens (primary N) is 1. The van der Waals surface area contributed by atoms with E-state index < -0.39 is 29.9 Å². The van der Waals surface area contributed by atoms with Crippen LogP contribution in [0.2, 0.25) is 0 Å². The first-order chi connectivity index (χ1) is 6.60. The Labute approximate surface area is 81.2 Å². The monoisotopic (exact) mass is 231 g/mol. The fourth-order valence-corrected chi connectivity index (χ4v) is 1.33. The van der Waals surface area contributed by atoms with Gasteiger partial charge in [-0.2, -0.15) is 26.3 Å². The molecule has 0 atom stereocenters. The van der Waals surface area contributed by atoms with E-state index in [1.807, 2.05) is 0 Å². The third-order valence-corrected chi connectivity index (χ3v) is 2.17. The van der Waals surface area contributed by atoms with Crippen LogP contribution in [0.5, 0.6) is 0 Å². The first kappa shape index (κ1) is 11.9. The molecule has 0 aromatic carbocycles. The Morgan fingerprint density at radius 3 is 1.80 bits per heavy atom. The first-order valence-corrected chi connectivity index (χ1v) is 3.88. The summed E-state index contributed by atoms with van der Waals surface area (Å²) in [5.74, 6) is 0. The van der Waals surface area contributed by atoms with E-state index in [0.29, 0.717) is 0 Å². The molecule has 0 saturated heterocycles. The van der Waals surface area contributed by atoms with Crippen molar-refractivity contribution in [1.29, 1.82) is 0 Å². The van der Waals surface area contributed by atoms with Crippen LogP contribution in [0.4, 0.5) is 26.3 Å². The number of allylic oxidation sites excluding steroid dienone is 3. The van der Waals surface area contributed by atoms with Crippen molar-refractivity contribution in [3.63, 3.8) is 0 Å². The summed E-state index contributed by atoms with van der Waals surface area (Å²) >= 11 is 0. The number of alkyl halides is 6. The van der Waals surface area contributed by atoms with E-state index in [4.69, 9.17) is 5.73 Å². The summed E-state index contributed by atoms with van der Waals surface area (Å²) in [7, 11) is 0. The summed E-state index contributed by atoms with van der Waals surface area (Å²) < 4.78 is 74.5. The van der Waals surface area contributed by atoms with Crippen LogP contribution in [-0.2, 0) is 0 Å². The fourth-order valence-electron chi connectivity index (χ4n) is 1.33. The molecule has 0 aliphatic heterocycles. The summed E-state index contributed by atoms with van der Waals surface area (Å²) in [6.07, 6.45) is -10.2. The molecule has 86 valence electrons. The lowest BCUT2D eigenvalue weighted by atomic mass is 9.79. The van der Waals surface area contributed by atoms with Gasteiger partial charge in [0, 0.05) is 5.70 Å². The lowest BCUT2D eigenvalue weighted by Gasteiger charge is -2.35. The molecule has 0 radical (unpaired) electrons. The van der Waals surface area contributed by atoms with E-state index in [1.54, 1.807) is 0 Å². The van der Waals surface area contributed by atoms with Crippen LogP contribution < -0.4 is 5.73 Å². The molecular weight excluding hydrogens is 224 g/mol. The Morgan fingerprint density at radius 2 is 1.53 bits per heavy atom. The SMILES string of the molecule is NC1=CC(C(F)(F)F)(C(F)(F)F)CC=C1. The summed E-state index contributed by atoms with van der Waals surface area (Å²) in [5, 5.41) is 0. The third-order valence-electron chi connectivity index (χ3n) is 2.17. The van der Waals surface area contributed by atoms with Gasteiger partial charge in [-0.3, -0.25) is 0 Å². The molecule has 0 aromatic heterocycles. The predicted molar refractivity (Wildman–Crippen MR) is 40.6 cm³/mol. The van der Waals surface area contributed by atoms with E-state index in [-0.39, 0.29) is 6.08 Å². The van der Waals surface area contributed by atoms with Gasteiger partial charge in [-0.25, -0.2) is 0 Å². The molecule has 7 heteroatoms. The topological polar surface area (TPSA) is 26.0 Å². The maximum Gasteiger partial charge on any atom is 0.406 e. The van der Waals surface area contributed by atoms with Crippen molar-refractivity contribution < 1.29 is 26.3 Å². The zero-order valence-electron chi connectivity index (χ0n) is 7.28. The lowest BCUT2D eigenvalue weighted by Crippen LogP contribution is -2.49. The van der Waals surface area contributed by atoms with Gasteiger partial charge in [-0.15, -0.1) is 0 Å². The normalized spacial score (nSPS) is 21.3. The van der Waals surface area contributed by atoms with Crippen LogP contribution in [0.3, 0.4) is 0 Å². The minimum absolute atomic E-state index is 0.0208. The second-order valence-electron chi connectivity index (χ2n) is 3.22. The average Bonchev–Trinajstić information content (AvgIpc) is 1.99. The largest absolute Gasteiger partial charge is 0.406 e. The highest BCUT2D eigenvalue weighted by molar-refractivity contribution is 5.27. The Bertz CT molecular complexity index is 294. The van der Waals surface area contributed by atoms with Crippen LogP contribution in [0, 0.1) is 5.41 Å². The van der Waals surface area contributed by atoms with Crippen LogP contribution >= 0.6 is 0 Å². The molecule has 0 aromatic rings. The Morgan fingerprint density at radius 1 is 1.07 bits per heavy atom. The van der Waals surface area contributed by atoms with Crippen LogP contribution in [-0.4, -0.2) is 12.4 Å². The molecule has 0 saturated carbocycles. The average molecular weight is 231 g/mol. The molecular formula is C8H7F6N. The minimum Gasteiger partial charge on any atom is -0.399 e. The fraction of sp³-hybridized carbons (Fsp3) is 0.500. The summed E-state index contributed by atoms with van der Waals surface area (Å²) in [5.41, 5.74) is 0.598. The van der Waals surface area contributed by atoms with Crippen LogP contribution in [0.15, 0.2) is 23.9 Å². The predicted octanol–water partition coefficient (Wildman–Crippen LogP) is 2.90. The molecule has 0 amide bonds. The standard InChI is InChI=1S/C8H7F6N/c9-7(10,11)6(8(12,13)14)3-1-2-5(15)4-6/h1-2,4H,3,15H2. The molecule has 1 aliphatic rings. The lowest BCUT2D eigenvalue weighted by molar-refractivity contribution is -0.320. The van der Waals surface area contributed by atoms with E-state index in [2.05, 4.69) is 0 Å². The van der Waals surface area contributed by atoms with Crippen molar-refractivity contribution in [3.05, 3.63) is 23.9 Å². The van der Waals surface area contributed by atoms with E-state index in [0.717, 1.165) is 12.2 Å². The second kappa shape index (κ2) is 3.18. The van der Waals surface area contributed by atoms with Crippen LogP contribution in [0.25, 0.3) is 0 Å². The van der Waals surface area contributed by atoms with Gasteiger partial charge in [0.2, 0.25) is 0 Å². The van der Waals surface area contributed by atoms with Crippen LogP contribution in [0.1, 0.15) is 6.42 Å². The summed E-state index contributed by atoms with van der Waals surface area (Å²) in [4.78, 5) is 0. The molecule has 15 heavy (non-hydrogen) atoms. The second-order valence-corrected chi connectivity index (χ2v) is 3.22. The van der Waals surface area contributed by atoms with Gasteiger partial charge in [-0.1, -0.05) is 6.08 Å². The highest BCUT2D eigenvalue weighted by Crippen LogP contribution is 2.55. The maximum absolute atomic E-state index is 12.4. The van der Waals surface area contributed by atoms with Crippen molar-refractivity contribution in [2.24, 2.45) is 11.1 Å². The van der Waals surface area contributed by atoms with Gasteiger partial charge in [0.1, 0.15) is 0 Å². The van der Waals surface area contributed by atoms with Gasteiger partial charge >= 0.3 is 12.4 Å². The smallest absolute Gasteiger partial charge is 0.399 e. The van der Waals surface area contributed by atoms with E-state index in [1.165, 1.54) is 0 Å². The van der Waals surface area contributed by atoms with Gasteiger partial charge in [0.15, 0.2) is 5.41 Å². The quantitative estimate of drug-likeness (QED) is 0.637. The number of halogens is 6. The summed E-state index contributed by atoms with van der Waals surface area (Å²) in [6.45, 7) is 0. The Balaban J connectivity index is 3.28. The van der Waals surface area contributed by atoms with E-state index in [9.17, 15) is 26.3 Å². The number of rotatable bonds is 0. The molecule has 0 bridgehead atoms. The maximum atomic E-state index is 12.4. The van der Waals surface area contributed by atoms with Gasteiger partial charge in [0.05, 0.1) is 0 Å². The van der Waals surface area contributed by atoms with Gasteiger partial charge in [-0.05, 0) is 18.6 Å². The molecule has 1 nitrogen and oxygen atoms in total. The van der Waals surface area contributed by atoms with Gasteiger partial charge in [0.25, 0.3) is 0 Å². The third kappa shape index (κ3) is 1.82. The number of hydrogen-bond acceptors (Lipinski definition) is 1. The Kier molecular flexibility index (Phi) is 2.53. The van der Waals surface area contributed by atoms with Crippen molar-refractivity contribution >= 4 is 0 Å². The van der Waals surface area contributed by atoms with Crippen molar-refractivity contribution in [1.82, 2.24) is 0 Å². The highest BCUT2D eigenvalue weighted by Gasteiger charge is 2.69. The van der Waals surface area contributed by atoms with Crippen molar-refractivity contribution in [2.75, 3.05) is 0 Å². The highest BCUT2D eigenvalue weighted by atomic mass is 19.4. The number of hydrogen-bond donors (Lipinski definition) is 1.